The van der Waals surface area contributed by atoms with Gasteiger partial charge in [0.25, 0.3) is 0 Å². The molecular formula is C21H26ClN3O2Si. The summed E-state index contributed by atoms with van der Waals surface area (Å²) in [5, 5.41) is 6.22. The van der Waals surface area contributed by atoms with E-state index in [1.165, 1.54) is 0 Å². The van der Waals surface area contributed by atoms with E-state index in [9.17, 15) is 0 Å². The average molecular weight is 416 g/mol. The number of nitrogens with zero attached hydrogens (tertiary/aromatic N) is 3. The summed E-state index contributed by atoms with van der Waals surface area (Å²) in [5.74, 6) is 0.867. The fraction of sp³-hybridized carbons (Fsp3) is 0.429. The molecule has 148 valence electrons. The first-order chi connectivity index (χ1) is 13.4. The monoisotopic (exact) mass is 415 g/mol. The lowest BCUT2D eigenvalue weighted by atomic mass is 10.1. The van der Waals surface area contributed by atoms with E-state index in [-0.39, 0.29) is 0 Å². The summed E-state index contributed by atoms with van der Waals surface area (Å²) in [6, 6.07) is 12.9. The van der Waals surface area contributed by atoms with Crippen LogP contribution in [-0.2, 0) is 11.5 Å². The molecule has 0 unspecified atom stereocenters. The molecular weight excluding hydrogens is 390 g/mol. The average Bonchev–Trinajstić information content (AvgIpc) is 3.39. The van der Waals surface area contributed by atoms with Crippen molar-refractivity contribution in [2.45, 2.75) is 51.4 Å². The first-order valence-corrected chi connectivity index (χ1v) is 13.9. The zero-order valence-electron chi connectivity index (χ0n) is 16.6. The third kappa shape index (κ3) is 4.56. The minimum atomic E-state index is -1.13. The van der Waals surface area contributed by atoms with Gasteiger partial charge >= 0.3 is 0 Å². The third-order valence-corrected chi connectivity index (χ3v) is 6.65. The molecule has 0 saturated heterocycles. The van der Waals surface area contributed by atoms with Gasteiger partial charge in [0.1, 0.15) is 23.3 Å². The SMILES string of the molecule is C[Si](C)(C)CCOCn1nc(-c2ccccc2OC2CC2)c2ccc(Cl)nc21. The van der Waals surface area contributed by atoms with Gasteiger partial charge in [-0.3, -0.25) is 0 Å². The maximum absolute atomic E-state index is 6.16. The number of hydrogen-bond donors (Lipinski definition) is 0. The summed E-state index contributed by atoms with van der Waals surface area (Å²) in [4.78, 5) is 4.51. The zero-order chi connectivity index (χ0) is 19.7. The summed E-state index contributed by atoms with van der Waals surface area (Å²) in [6.07, 6.45) is 2.56. The van der Waals surface area contributed by atoms with Crippen LogP contribution >= 0.6 is 11.6 Å². The second-order valence-electron chi connectivity index (χ2n) is 8.51. The Labute approximate surface area is 171 Å². The van der Waals surface area contributed by atoms with Crippen LogP contribution in [0.5, 0.6) is 5.75 Å². The molecule has 3 aromatic rings. The molecule has 0 radical (unpaired) electrons. The van der Waals surface area contributed by atoms with Gasteiger partial charge < -0.3 is 9.47 Å². The lowest BCUT2D eigenvalue weighted by Gasteiger charge is -2.15. The van der Waals surface area contributed by atoms with Crippen molar-refractivity contribution in [3.05, 3.63) is 41.6 Å². The Morgan fingerprint density at radius 3 is 2.68 bits per heavy atom. The van der Waals surface area contributed by atoms with Crippen molar-refractivity contribution in [1.82, 2.24) is 14.8 Å². The Hall–Kier alpha value is -1.89. The highest BCUT2D eigenvalue weighted by Gasteiger charge is 2.26. The van der Waals surface area contributed by atoms with Gasteiger partial charge in [-0.1, -0.05) is 43.4 Å². The van der Waals surface area contributed by atoms with E-state index in [4.69, 9.17) is 26.2 Å². The number of halogens is 1. The summed E-state index contributed by atoms with van der Waals surface area (Å²) < 4.78 is 13.8. The molecule has 0 spiro atoms. The van der Waals surface area contributed by atoms with E-state index >= 15 is 0 Å². The number of fused-ring (bicyclic) bond motifs is 1. The van der Waals surface area contributed by atoms with E-state index in [1.807, 2.05) is 30.3 Å². The zero-order valence-corrected chi connectivity index (χ0v) is 18.4. The topological polar surface area (TPSA) is 49.2 Å². The van der Waals surface area contributed by atoms with E-state index in [0.717, 1.165) is 53.5 Å². The predicted octanol–water partition coefficient (Wildman–Crippen LogP) is 5.61. The molecule has 2 aromatic heterocycles. The van der Waals surface area contributed by atoms with Crippen LogP contribution in [0.2, 0.25) is 30.8 Å². The van der Waals surface area contributed by atoms with Crippen LogP contribution in [0, 0.1) is 0 Å². The first-order valence-electron chi connectivity index (χ1n) is 9.77. The Bertz CT molecular complexity index is 979. The number of ether oxygens (including phenoxy) is 2. The predicted molar refractivity (Wildman–Crippen MR) is 116 cm³/mol. The van der Waals surface area contributed by atoms with Gasteiger partial charge in [0.05, 0.1) is 6.10 Å². The molecule has 0 amide bonds. The minimum absolute atomic E-state index is 0.326. The fourth-order valence-corrected chi connectivity index (χ4v) is 3.88. The van der Waals surface area contributed by atoms with Crippen LogP contribution < -0.4 is 4.74 Å². The molecule has 2 heterocycles. The highest BCUT2D eigenvalue weighted by Crippen LogP contribution is 2.37. The van der Waals surface area contributed by atoms with Crippen LogP contribution in [0.4, 0.5) is 0 Å². The van der Waals surface area contributed by atoms with Crippen molar-refractivity contribution in [2.24, 2.45) is 0 Å². The molecule has 1 aliphatic rings. The number of benzene rings is 1. The molecule has 1 aliphatic carbocycles. The molecule has 5 nitrogen and oxygen atoms in total. The van der Waals surface area contributed by atoms with Gasteiger partial charge in [0, 0.05) is 25.6 Å². The van der Waals surface area contributed by atoms with Crippen molar-refractivity contribution >= 4 is 30.7 Å². The quantitative estimate of drug-likeness (QED) is 0.272. The van der Waals surface area contributed by atoms with E-state index in [0.29, 0.717) is 18.0 Å². The molecule has 0 bridgehead atoms. The standard InChI is InChI=1S/C21H26ClN3O2Si/c1-28(2,3)13-12-26-14-25-21-17(10-11-19(22)23-21)20(24-25)16-6-4-5-7-18(16)27-15-8-9-15/h4-7,10-11,15H,8-9,12-14H2,1-3H3. The van der Waals surface area contributed by atoms with Crippen LogP contribution in [-0.4, -0.2) is 35.5 Å². The Morgan fingerprint density at radius 2 is 1.93 bits per heavy atom. The van der Waals surface area contributed by atoms with E-state index < -0.39 is 8.07 Å². The van der Waals surface area contributed by atoms with E-state index in [1.54, 1.807) is 10.7 Å². The lowest BCUT2D eigenvalue weighted by Crippen LogP contribution is -2.22. The summed E-state index contributed by atoms with van der Waals surface area (Å²) in [6.45, 7) is 8.12. The normalized spacial score (nSPS) is 14.6. The molecule has 28 heavy (non-hydrogen) atoms. The smallest absolute Gasteiger partial charge is 0.162 e. The van der Waals surface area contributed by atoms with Crippen LogP contribution in [0.3, 0.4) is 0 Å². The van der Waals surface area contributed by atoms with Gasteiger partial charge in [-0.25, -0.2) is 9.67 Å². The van der Waals surface area contributed by atoms with Gasteiger partial charge in [-0.15, -0.1) is 0 Å². The second-order valence-corrected chi connectivity index (χ2v) is 14.5. The Kier molecular flexibility index (Phi) is 5.45. The first kappa shape index (κ1) is 19.4. The summed E-state index contributed by atoms with van der Waals surface area (Å²) in [5.41, 5.74) is 2.56. The highest BCUT2D eigenvalue weighted by molar-refractivity contribution is 6.76. The third-order valence-electron chi connectivity index (χ3n) is 4.73. The summed E-state index contributed by atoms with van der Waals surface area (Å²) in [7, 11) is -1.13. The molecule has 0 aliphatic heterocycles. The molecule has 7 heteroatoms. The molecule has 0 N–H and O–H groups in total. The number of aromatic nitrogens is 3. The van der Waals surface area contributed by atoms with Crippen LogP contribution in [0.25, 0.3) is 22.3 Å². The van der Waals surface area contributed by atoms with Crippen molar-refractivity contribution in [3.63, 3.8) is 0 Å². The molecule has 0 atom stereocenters. The Morgan fingerprint density at radius 1 is 1.14 bits per heavy atom. The fourth-order valence-electron chi connectivity index (χ4n) is 2.98. The maximum Gasteiger partial charge on any atom is 0.162 e. The largest absolute Gasteiger partial charge is 0.490 e. The highest BCUT2D eigenvalue weighted by atomic mass is 35.5. The van der Waals surface area contributed by atoms with Crippen LogP contribution in [0.15, 0.2) is 36.4 Å². The molecule has 1 fully saturated rings. The van der Waals surface area contributed by atoms with Crippen molar-refractivity contribution in [2.75, 3.05) is 6.61 Å². The van der Waals surface area contributed by atoms with Gasteiger partial charge in [-0.2, -0.15) is 5.10 Å². The van der Waals surface area contributed by atoms with Crippen molar-refractivity contribution in [3.8, 4) is 17.0 Å². The van der Waals surface area contributed by atoms with Gasteiger partial charge in [0.2, 0.25) is 0 Å². The minimum Gasteiger partial charge on any atom is -0.490 e. The number of pyridine rings is 1. The Balaban J connectivity index is 1.66. The molecule has 4 rings (SSSR count). The molecule has 1 aromatic carbocycles. The van der Waals surface area contributed by atoms with Crippen molar-refractivity contribution < 1.29 is 9.47 Å². The maximum atomic E-state index is 6.16. The second kappa shape index (κ2) is 7.85. The lowest BCUT2D eigenvalue weighted by molar-refractivity contribution is 0.0814. The molecule has 1 saturated carbocycles. The van der Waals surface area contributed by atoms with Gasteiger partial charge in [-0.05, 0) is 43.2 Å². The van der Waals surface area contributed by atoms with Crippen LogP contribution in [0.1, 0.15) is 12.8 Å². The number of rotatable bonds is 8. The van der Waals surface area contributed by atoms with Gasteiger partial charge in [0.15, 0.2) is 5.65 Å². The number of para-hydroxylation sites is 1. The number of hydrogen-bond acceptors (Lipinski definition) is 4. The van der Waals surface area contributed by atoms with E-state index in [2.05, 4.69) is 24.6 Å². The summed E-state index contributed by atoms with van der Waals surface area (Å²) >= 11 is 6.16. The van der Waals surface area contributed by atoms with Crippen molar-refractivity contribution in [1.29, 1.82) is 0 Å².